The molecule has 0 N–H and O–H groups in total. The Hall–Kier alpha value is -1.13. The molecule has 0 aliphatic carbocycles. The van der Waals surface area contributed by atoms with E-state index < -0.39 is 0 Å². The normalized spacial score (nSPS) is 18.1. The summed E-state index contributed by atoms with van der Waals surface area (Å²) >= 11 is 3.60. The monoisotopic (exact) mass is 305 g/mol. The first kappa shape index (κ1) is 13.8. The van der Waals surface area contributed by atoms with Crippen molar-refractivity contribution >= 4 is 28.6 Å². The van der Waals surface area contributed by atoms with Gasteiger partial charge in [0.25, 0.3) is 0 Å². The highest BCUT2D eigenvalue weighted by atomic mass is 32.1. The second-order valence-corrected chi connectivity index (χ2v) is 7.28. The summed E-state index contributed by atoms with van der Waals surface area (Å²) in [7, 11) is 0. The van der Waals surface area contributed by atoms with Crippen molar-refractivity contribution in [3.63, 3.8) is 0 Å². The highest BCUT2D eigenvalue weighted by Gasteiger charge is 2.27. The van der Waals surface area contributed by atoms with Gasteiger partial charge in [0.15, 0.2) is 0 Å². The summed E-state index contributed by atoms with van der Waals surface area (Å²) in [5.74, 6) is 0.311. The molecule has 2 aromatic heterocycles. The van der Waals surface area contributed by atoms with E-state index in [2.05, 4.69) is 40.8 Å². The molecule has 2 aromatic rings. The lowest BCUT2D eigenvalue weighted by atomic mass is 10.0. The fourth-order valence-corrected chi connectivity index (χ4v) is 4.58. The van der Waals surface area contributed by atoms with Crippen LogP contribution in [0.5, 0.6) is 0 Å². The third-order valence-corrected chi connectivity index (χ3v) is 5.92. The molecule has 2 nitrogen and oxygen atoms in total. The number of carbonyl (C=O) groups is 1. The fraction of sp³-hybridized carbons (Fsp3) is 0.438. The number of hydrogen-bond donors (Lipinski definition) is 0. The minimum atomic E-state index is 0.249. The van der Waals surface area contributed by atoms with Crippen molar-refractivity contribution in [3.8, 4) is 0 Å². The summed E-state index contributed by atoms with van der Waals surface area (Å²) in [6.07, 6.45) is 3.67. The molecule has 0 bridgehead atoms. The van der Waals surface area contributed by atoms with E-state index in [1.54, 1.807) is 11.3 Å². The predicted molar refractivity (Wildman–Crippen MR) is 85.4 cm³/mol. The molecule has 0 radical (unpaired) electrons. The maximum atomic E-state index is 12.4. The predicted octanol–water partition coefficient (Wildman–Crippen LogP) is 4.28. The summed E-state index contributed by atoms with van der Waals surface area (Å²) < 4.78 is 0. The Morgan fingerprint density at radius 2 is 2.25 bits per heavy atom. The third kappa shape index (κ3) is 2.81. The van der Waals surface area contributed by atoms with E-state index in [0.29, 0.717) is 12.3 Å². The minimum Gasteiger partial charge on any atom is -0.336 e. The van der Waals surface area contributed by atoms with Crippen LogP contribution in [0.2, 0.25) is 0 Å². The van der Waals surface area contributed by atoms with Gasteiger partial charge in [0, 0.05) is 22.7 Å². The quantitative estimate of drug-likeness (QED) is 0.825. The van der Waals surface area contributed by atoms with Gasteiger partial charge in [0.1, 0.15) is 0 Å². The number of aryl methyl sites for hydroxylation is 1. The molecule has 4 heteroatoms. The van der Waals surface area contributed by atoms with Gasteiger partial charge in [0.2, 0.25) is 5.91 Å². The molecule has 0 aromatic carbocycles. The van der Waals surface area contributed by atoms with Crippen LogP contribution in [-0.4, -0.2) is 17.4 Å². The second-order valence-electron chi connectivity index (χ2n) is 5.25. The Balaban J connectivity index is 1.55. The number of hydrogen-bond acceptors (Lipinski definition) is 3. The zero-order valence-corrected chi connectivity index (χ0v) is 13.3. The topological polar surface area (TPSA) is 20.3 Å². The molecule has 0 spiro atoms. The van der Waals surface area contributed by atoms with Gasteiger partial charge < -0.3 is 4.90 Å². The summed E-state index contributed by atoms with van der Waals surface area (Å²) in [6, 6.07) is 6.65. The van der Waals surface area contributed by atoms with Crippen LogP contribution in [0, 0.1) is 0 Å². The van der Waals surface area contributed by atoms with Crippen LogP contribution in [0.1, 0.15) is 41.1 Å². The van der Waals surface area contributed by atoms with Crippen molar-refractivity contribution < 1.29 is 4.79 Å². The molecule has 20 heavy (non-hydrogen) atoms. The van der Waals surface area contributed by atoms with Gasteiger partial charge >= 0.3 is 0 Å². The smallest absolute Gasteiger partial charge is 0.223 e. The van der Waals surface area contributed by atoms with Crippen LogP contribution in [0.15, 0.2) is 29.0 Å². The minimum absolute atomic E-state index is 0.249. The van der Waals surface area contributed by atoms with Crippen molar-refractivity contribution in [2.45, 2.75) is 38.6 Å². The first-order chi connectivity index (χ1) is 9.75. The molecule has 3 heterocycles. The Labute approximate surface area is 128 Å². The highest BCUT2D eigenvalue weighted by molar-refractivity contribution is 7.10. The van der Waals surface area contributed by atoms with Crippen molar-refractivity contribution in [1.82, 2.24) is 4.90 Å². The number of nitrogens with zero attached hydrogens (tertiary/aromatic N) is 1. The van der Waals surface area contributed by atoms with Gasteiger partial charge in [-0.15, -0.1) is 22.7 Å². The molecule has 1 atom stereocenters. The van der Waals surface area contributed by atoms with Gasteiger partial charge in [-0.2, -0.15) is 0 Å². The van der Waals surface area contributed by atoms with Crippen molar-refractivity contribution in [1.29, 1.82) is 0 Å². The SMILES string of the molecule is C[C@@H]1c2ccsc2CCN1C(=O)CCCc1cccs1. The van der Waals surface area contributed by atoms with E-state index in [0.717, 1.165) is 25.8 Å². The molecular formula is C16H19NOS2. The lowest BCUT2D eigenvalue weighted by Gasteiger charge is -2.33. The molecule has 3 rings (SSSR count). The van der Waals surface area contributed by atoms with Crippen LogP contribution < -0.4 is 0 Å². The number of amides is 1. The first-order valence-electron chi connectivity index (χ1n) is 7.14. The molecule has 1 aliphatic heterocycles. The van der Waals surface area contributed by atoms with Gasteiger partial charge in [-0.05, 0) is 54.6 Å². The van der Waals surface area contributed by atoms with E-state index in [9.17, 15) is 4.79 Å². The Kier molecular flexibility index (Phi) is 4.22. The third-order valence-electron chi connectivity index (χ3n) is 3.99. The molecular weight excluding hydrogens is 286 g/mol. The van der Waals surface area contributed by atoms with E-state index in [1.807, 2.05) is 11.3 Å². The zero-order valence-electron chi connectivity index (χ0n) is 11.7. The van der Waals surface area contributed by atoms with Gasteiger partial charge in [-0.1, -0.05) is 6.07 Å². The van der Waals surface area contributed by atoms with E-state index in [-0.39, 0.29) is 6.04 Å². The molecule has 0 saturated carbocycles. The molecule has 106 valence electrons. The maximum Gasteiger partial charge on any atom is 0.223 e. The van der Waals surface area contributed by atoms with Gasteiger partial charge in [0.05, 0.1) is 6.04 Å². The lowest BCUT2D eigenvalue weighted by Crippen LogP contribution is -2.38. The van der Waals surface area contributed by atoms with Crippen LogP contribution in [0.25, 0.3) is 0 Å². The van der Waals surface area contributed by atoms with Crippen molar-refractivity contribution in [2.24, 2.45) is 0 Å². The fourth-order valence-electron chi connectivity index (χ4n) is 2.86. The standard InChI is InChI=1S/C16H19NOS2/c1-12-14-8-11-20-15(14)7-9-17(12)16(18)6-2-4-13-5-3-10-19-13/h3,5,8,10-12H,2,4,6-7,9H2,1H3/t12-/m1/s1. The maximum absolute atomic E-state index is 12.4. The van der Waals surface area contributed by atoms with Crippen LogP contribution in [0.4, 0.5) is 0 Å². The van der Waals surface area contributed by atoms with Crippen LogP contribution >= 0.6 is 22.7 Å². The van der Waals surface area contributed by atoms with E-state index in [1.165, 1.54) is 15.3 Å². The molecule has 1 aliphatic rings. The Morgan fingerprint density at radius 1 is 1.35 bits per heavy atom. The van der Waals surface area contributed by atoms with Crippen molar-refractivity contribution in [2.75, 3.05) is 6.54 Å². The Morgan fingerprint density at radius 3 is 3.05 bits per heavy atom. The summed E-state index contributed by atoms with van der Waals surface area (Å²) in [6.45, 7) is 3.04. The average molecular weight is 305 g/mol. The summed E-state index contributed by atoms with van der Waals surface area (Å²) in [5, 5.41) is 4.24. The largest absolute Gasteiger partial charge is 0.336 e. The van der Waals surface area contributed by atoms with Crippen LogP contribution in [0.3, 0.4) is 0 Å². The van der Waals surface area contributed by atoms with E-state index in [4.69, 9.17) is 0 Å². The number of carbonyl (C=O) groups excluding carboxylic acids is 1. The number of rotatable bonds is 4. The lowest BCUT2D eigenvalue weighted by molar-refractivity contribution is -0.133. The van der Waals surface area contributed by atoms with Gasteiger partial charge in [-0.3, -0.25) is 4.79 Å². The highest BCUT2D eigenvalue weighted by Crippen LogP contribution is 2.33. The Bertz CT molecular complexity index is 573. The number of thiophene rings is 2. The van der Waals surface area contributed by atoms with E-state index >= 15 is 0 Å². The van der Waals surface area contributed by atoms with Crippen molar-refractivity contribution in [3.05, 3.63) is 44.3 Å². The molecule has 0 unspecified atom stereocenters. The number of fused-ring (bicyclic) bond motifs is 1. The summed E-state index contributed by atoms with van der Waals surface area (Å²) in [5.41, 5.74) is 1.35. The average Bonchev–Trinajstić information content (AvgIpc) is 3.09. The summed E-state index contributed by atoms with van der Waals surface area (Å²) in [4.78, 5) is 17.3. The molecule has 0 fully saturated rings. The molecule has 1 amide bonds. The first-order valence-corrected chi connectivity index (χ1v) is 8.90. The molecule has 0 saturated heterocycles. The second kappa shape index (κ2) is 6.10. The van der Waals surface area contributed by atoms with Gasteiger partial charge in [-0.25, -0.2) is 0 Å². The van der Waals surface area contributed by atoms with Crippen LogP contribution in [-0.2, 0) is 17.6 Å². The zero-order chi connectivity index (χ0) is 13.9.